The number of amides is 1. The van der Waals surface area contributed by atoms with Crippen LogP contribution < -0.4 is 15.8 Å². The zero-order valence-corrected chi connectivity index (χ0v) is 14.1. The Morgan fingerprint density at radius 1 is 1.35 bits per heavy atom. The zero-order chi connectivity index (χ0) is 17.3. The smallest absolute Gasteiger partial charge is 0.251 e. The summed E-state index contributed by atoms with van der Waals surface area (Å²) in [5.41, 5.74) is 4.58. The van der Waals surface area contributed by atoms with Gasteiger partial charge in [0.1, 0.15) is 24.1 Å². The Hall–Kier alpha value is -1.63. The highest BCUT2D eigenvalue weighted by Crippen LogP contribution is 2.13. The van der Waals surface area contributed by atoms with Crippen LogP contribution in [0.25, 0.3) is 0 Å². The van der Waals surface area contributed by atoms with Gasteiger partial charge in [-0.25, -0.2) is 0 Å². The molecular formula is C17H28N2O4. The van der Waals surface area contributed by atoms with Crippen molar-refractivity contribution >= 4 is 5.91 Å². The minimum absolute atomic E-state index is 0.0902. The average Bonchev–Trinajstić information content (AvgIpc) is 2.57. The number of rotatable bonds is 10. The quantitative estimate of drug-likeness (QED) is 0.599. The van der Waals surface area contributed by atoms with Crippen molar-refractivity contribution in [3.05, 3.63) is 30.3 Å². The third-order valence-electron chi connectivity index (χ3n) is 3.72. The van der Waals surface area contributed by atoms with Gasteiger partial charge in [-0.15, -0.1) is 0 Å². The molecule has 0 aliphatic rings. The largest absolute Gasteiger partial charge is 0.491 e. The first-order valence-electron chi connectivity index (χ1n) is 7.82. The molecular weight excluding hydrogens is 296 g/mol. The van der Waals surface area contributed by atoms with E-state index in [1.165, 1.54) is 7.11 Å². The Balaban J connectivity index is 2.62. The summed E-state index contributed by atoms with van der Waals surface area (Å²) in [6.45, 7) is 3.93. The third kappa shape index (κ3) is 6.56. The SMILES string of the molecule is COC(C)(C)C(=O)N[C@@H](CCCN)C(O)COc1ccccc1. The van der Waals surface area contributed by atoms with E-state index in [1.807, 2.05) is 30.3 Å². The van der Waals surface area contributed by atoms with Crippen molar-refractivity contribution in [3.8, 4) is 5.75 Å². The maximum absolute atomic E-state index is 12.2. The van der Waals surface area contributed by atoms with E-state index in [1.54, 1.807) is 13.8 Å². The molecule has 1 amide bonds. The molecule has 0 aliphatic heterocycles. The lowest BCUT2D eigenvalue weighted by atomic mass is 10.0. The number of carbonyl (C=O) groups excluding carboxylic acids is 1. The van der Waals surface area contributed by atoms with Gasteiger partial charge in [0, 0.05) is 7.11 Å². The average molecular weight is 324 g/mol. The van der Waals surface area contributed by atoms with Crippen LogP contribution in [0.5, 0.6) is 5.75 Å². The number of benzene rings is 1. The van der Waals surface area contributed by atoms with Crippen molar-refractivity contribution < 1.29 is 19.4 Å². The Labute approximate surface area is 138 Å². The van der Waals surface area contributed by atoms with Gasteiger partial charge in [0.15, 0.2) is 0 Å². The van der Waals surface area contributed by atoms with E-state index in [-0.39, 0.29) is 12.5 Å². The second-order valence-electron chi connectivity index (χ2n) is 5.92. The van der Waals surface area contributed by atoms with Gasteiger partial charge in [-0.1, -0.05) is 18.2 Å². The van der Waals surface area contributed by atoms with E-state index in [0.717, 1.165) is 0 Å². The molecule has 0 bridgehead atoms. The number of nitrogens with two attached hydrogens (primary N) is 1. The minimum Gasteiger partial charge on any atom is -0.491 e. The van der Waals surface area contributed by atoms with E-state index in [0.29, 0.717) is 25.1 Å². The molecule has 0 fully saturated rings. The van der Waals surface area contributed by atoms with Crippen LogP contribution in [0.15, 0.2) is 30.3 Å². The lowest BCUT2D eigenvalue weighted by Crippen LogP contribution is -2.52. The molecule has 0 heterocycles. The van der Waals surface area contributed by atoms with E-state index in [4.69, 9.17) is 15.2 Å². The molecule has 1 unspecified atom stereocenters. The highest BCUT2D eigenvalue weighted by atomic mass is 16.5. The van der Waals surface area contributed by atoms with E-state index < -0.39 is 17.7 Å². The fourth-order valence-electron chi connectivity index (χ4n) is 1.95. The van der Waals surface area contributed by atoms with Crippen molar-refractivity contribution in [2.75, 3.05) is 20.3 Å². The molecule has 4 N–H and O–H groups in total. The maximum atomic E-state index is 12.2. The van der Waals surface area contributed by atoms with Gasteiger partial charge in [-0.2, -0.15) is 0 Å². The van der Waals surface area contributed by atoms with Gasteiger partial charge >= 0.3 is 0 Å². The van der Waals surface area contributed by atoms with Crippen LogP contribution in [-0.2, 0) is 9.53 Å². The predicted molar refractivity (Wildman–Crippen MR) is 89.3 cm³/mol. The summed E-state index contributed by atoms with van der Waals surface area (Å²) >= 11 is 0. The molecule has 0 radical (unpaired) electrons. The number of para-hydroxylation sites is 1. The highest BCUT2D eigenvalue weighted by molar-refractivity contribution is 5.84. The van der Waals surface area contributed by atoms with Crippen LogP contribution >= 0.6 is 0 Å². The molecule has 1 rings (SSSR count). The number of aliphatic hydroxyl groups excluding tert-OH is 1. The molecule has 1 aromatic carbocycles. The van der Waals surface area contributed by atoms with E-state index in [2.05, 4.69) is 5.32 Å². The van der Waals surface area contributed by atoms with Crippen molar-refractivity contribution in [3.63, 3.8) is 0 Å². The molecule has 0 aliphatic carbocycles. The fourth-order valence-corrected chi connectivity index (χ4v) is 1.95. The van der Waals surface area contributed by atoms with Gasteiger partial charge in [-0.05, 0) is 45.4 Å². The molecule has 0 saturated heterocycles. The molecule has 1 aromatic rings. The molecule has 0 saturated carbocycles. The lowest BCUT2D eigenvalue weighted by Gasteiger charge is -2.29. The zero-order valence-electron chi connectivity index (χ0n) is 14.1. The van der Waals surface area contributed by atoms with Gasteiger partial charge in [0.05, 0.1) is 6.04 Å². The Bertz CT molecular complexity index is 465. The molecule has 2 atom stereocenters. The number of carbonyl (C=O) groups is 1. The number of aliphatic hydroxyl groups is 1. The summed E-state index contributed by atoms with van der Waals surface area (Å²) in [4.78, 5) is 12.2. The standard InChI is InChI=1S/C17H28N2O4/c1-17(2,22-3)16(21)19-14(10-7-11-18)15(20)12-23-13-8-5-4-6-9-13/h4-6,8-9,14-15,20H,7,10-12,18H2,1-3H3,(H,19,21)/t14-,15?/m0/s1. The van der Waals surface area contributed by atoms with E-state index >= 15 is 0 Å². The monoisotopic (exact) mass is 324 g/mol. The summed E-state index contributed by atoms with van der Waals surface area (Å²) in [6, 6.07) is 8.79. The van der Waals surface area contributed by atoms with Gasteiger partial charge in [-0.3, -0.25) is 4.79 Å². The van der Waals surface area contributed by atoms with Crippen molar-refractivity contribution in [1.82, 2.24) is 5.32 Å². The number of ether oxygens (including phenoxy) is 2. The summed E-state index contributed by atoms with van der Waals surface area (Å²) in [7, 11) is 1.48. The number of hydrogen-bond donors (Lipinski definition) is 3. The lowest BCUT2D eigenvalue weighted by molar-refractivity contribution is -0.141. The van der Waals surface area contributed by atoms with Crippen LogP contribution in [0, 0.1) is 0 Å². The summed E-state index contributed by atoms with van der Waals surface area (Å²) in [6.07, 6.45) is 0.431. The first-order valence-corrected chi connectivity index (χ1v) is 7.82. The Morgan fingerprint density at radius 3 is 2.57 bits per heavy atom. The molecule has 23 heavy (non-hydrogen) atoms. The summed E-state index contributed by atoms with van der Waals surface area (Å²) in [5, 5.41) is 13.2. The highest BCUT2D eigenvalue weighted by Gasteiger charge is 2.31. The van der Waals surface area contributed by atoms with E-state index in [9.17, 15) is 9.90 Å². The van der Waals surface area contributed by atoms with Crippen LogP contribution in [0.2, 0.25) is 0 Å². The van der Waals surface area contributed by atoms with Crippen LogP contribution in [-0.4, -0.2) is 49.0 Å². The van der Waals surface area contributed by atoms with Gasteiger partial charge in [0.2, 0.25) is 0 Å². The van der Waals surface area contributed by atoms with Crippen molar-refractivity contribution in [2.24, 2.45) is 5.73 Å². The fraction of sp³-hybridized carbons (Fsp3) is 0.588. The van der Waals surface area contributed by atoms with Crippen LogP contribution in [0.3, 0.4) is 0 Å². The van der Waals surface area contributed by atoms with Gasteiger partial charge in [0.25, 0.3) is 5.91 Å². The number of hydrogen-bond acceptors (Lipinski definition) is 5. The summed E-state index contributed by atoms with van der Waals surface area (Å²) in [5.74, 6) is 0.397. The second-order valence-corrected chi connectivity index (χ2v) is 5.92. The second kappa shape index (κ2) is 9.50. The normalized spacial score (nSPS) is 14.1. The van der Waals surface area contributed by atoms with Crippen molar-refractivity contribution in [2.45, 2.75) is 44.4 Å². The Kier molecular flexibility index (Phi) is 8.02. The van der Waals surface area contributed by atoms with Crippen molar-refractivity contribution in [1.29, 1.82) is 0 Å². The number of nitrogens with one attached hydrogen (secondary N) is 1. The minimum atomic E-state index is -0.957. The predicted octanol–water partition coefficient (Wildman–Crippen LogP) is 1.08. The molecule has 130 valence electrons. The first-order chi connectivity index (χ1) is 10.9. The van der Waals surface area contributed by atoms with Crippen LogP contribution in [0.4, 0.5) is 0 Å². The number of methoxy groups -OCH3 is 1. The Morgan fingerprint density at radius 2 is 2.00 bits per heavy atom. The topological polar surface area (TPSA) is 93.8 Å². The van der Waals surface area contributed by atoms with Gasteiger partial charge < -0.3 is 25.6 Å². The van der Waals surface area contributed by atoms with Crippen LogP contribution in [0.1, 0.15) is 26.7 Å². The molecule has 0 aromatic heterocycles. The molecule has 6 nitrogen and oxygen atoms in total. The first kappa shape index (κ1) is 19.4. The third-order valence-corrected chi connectivity index (χ3v) is 3.72. The summed E-state index contributed by atoms with van der Waals surface area (Å²) < 4.78 is 10.7. The molecule has 6 heteroatoms. The maximum Gasteiger partial charge on any atom is 0.251 e. The molecule has 0 spiro atoms.